The van der Waals surface area contributed by atoms with Gasteiger partial charge in [0.1, 0.15) is 12.0 Å². The number of carbonyl (C=O) groups is 1. The Balaban J connectivity index is 2.56. The van der Waals surface area contributed by atoms with E-state index in [-0.39, 0.29) is 6.61 Å². The van der Waals surface area contributed by atoms with Crippen molar-refractivity contribution in [1.82, 2.24) is 0 Å². The summed E-state index contributed by atoms with van der Waals surface area (Å²) in [6, 6.07) is 5.77. The van der Waals surface area contributed by atoms with E-state index in [1.807, 2.05) is 18.2 Å². The van der Waals surface area contributed by atoms with Gasteiger partial charge in [0.25, 0.3) is 0 Å². The summed E-state index contributed by atoms with van der Waals surface area (Å²) in [5.41, 5.74) is 3.53. The van der Waals surface area contributed by atoms with E-state index in [4.69, 9.17) is 4.74 Å². The number of ether oxygens (including phenoxy) is 1. The fraction of sp³-hybridized carbons (Fsp3) is 0.308. The average Bonchev–Trinajstić information content (AvgIpc) is 2.36. The smallest absolute Gasteiger partial charge is 0.146 e. The van der Waals surface area contributed by atoms with E-state index in [0.717, 1.165) is 35.2 Å². The number of allylic oxidation sites excluding steroid dienone is 1. The van der Waals surface area contributed by atoms with Gasteiger partial charge in [0.2, 0.25) is 0 Å². The van der Waals surface area contributed by atoms with E-state index in [2.05, 4.69) is 0 Å². The maximum atomic E-state index is 10.9. The number of hydrogen-bond donors (Lipinski definition) is 1. The molecule has 0 radical (unpaired) electrons. The standard InChI is InChI=1S/C13H14O3/c1-16-11-5-4-9-2-3-10(7-14)13(8-15)12(9)6-11/h4-7,15H,2-3,8H2,1H3. The van der Waals surface area contributed by atoms with Gasteiger partial charge in [-0.3, -0.25) is 4.79 Å². The number of aryl methyl sites for hydroxylation is 1. The Morgan fingerprint density at radius 3 is 2.88 bits per heavy atom. The molecular formula is C13H14O3. The van der Waals surface area contributed by atoms with Gasteiger partial charge in [-0.15, -0.1) is 0 Å². The molecule has 0 bridgehead atoms. The number of carbonyl (C=O) groups excluding carboxylic acids is 1. The minimum Gasteiger partial charge on any atom is -0.497 e. The number of aliphatic hydroxyl groups is 1. The van der Waals surface area contributed by atoms with Crippen molar-refractivity contribution in [1.29, 1.82) is 0 Å². The lowest BCUT2D eigenvalue weighted by atomic mass is 9.86. The number of aldehydes is 1. The molecule has 3 nitrogen and oxygen atoms in total. The summed E-state index contributed by atoms with van der Waals surface area (Å²) in [5.74, 6) is 0.747. The van der Waals surface area contributed by atoms with Crippen molar-refractivity contribution >= 4 is 11.9 Å². The monoisotopic (exact) mass is 218 g/mol. The van der Waals surface area contributed by atoms with Crippen LogP contribution in [0.25, 0.3) is 5.57 Å². The summed E-state index contributed by atoms with van der Waals surface area (Å²) in [6.45, 7) is -0.103. The largest absolute Gasteiger partial charge is 0.497 e. The molecule has 3 heteroatoms. The molecule has 16 heavy (non-hydrogen) atoms. The van der Waals surface area contributed by atoms with Crippen LogP contribution in [0, 0.1) is 0 Å². The van der Waals surface area contributed by atoms with E-state index in [9.17, 15) is 9.90 Å². The van der Waals surface area contributed by atoms with E-state index < -0.39 is 0 Å². The van der Waals surface area contributed by atoms with Crippen LogP contribution in [0.3, 0.4) is 0 Å². The predicted molar refractivity (Wildman–Crippen MR) is 61.4 cm³/mol. The van der Waals surface area contributed by atoms with Crippen molar-refractivity contribution < 1.29 is 14.6 Å². The molecule has 84 valence electrons. The first-order chi connectivity index (χ1) is 7.80. The van der Waals surface area contributed by atoms with Crippen LogP contribution >= 0.6 is 0 Å². The summed E-state index contributed by atoms with van der Waals surface area (Å²) in [4.78, 5) is 10.9. The Bertz CT molecular complexity index is 446. The molecule has 1 aromatic carbocycles. The molecule has 0 atom stereocenters. The Labute approximate surface area is 94.4 Å². The van der Waals surface area contributed by atoms with Crippen molar-refractivity contribution in [2.45, 2.75) is 12.8 Å². The molecule has 0 heterocycles. The molecule has 1 aromatic rings. The number of aliphatic hydroxyl groups excluding tert-OH is 1. The van der Waals surface area contributed by atoms with Crippen molar-refractivity contribution in [2.75, 3.05) is 13.7 Å². The summed E-state index contributed by atoms with van der Waals surface area (Å²) < 4.78 is 5.15. The predicted octanol–water partition coefficient (Wildman–Crippen LogP) is 1.59. The SMILES string of the molecule is COc1ccc2c(c1)C(CO)=C(C=O)CC2. The Morgan fingerprint density at radius 2 is 2.25 bits per heavy atom. The van der Waals surface area contributed by atoms with Gasteiger partial charge >= 0.3 is 0 Å². The molecule has 0 unspecified atom stereocenters. The quantitative estimate of drug-likeness (QED) is 0.783. The number of fused-ring (bicyclic) bond motifs is 1. The van der Waals surface area contributed by atoms with Crippen molar-refractivity contribution in [3.8, 4) is 5.75 Å². The van der Waals surface area contributed by atoms with Gasteiger partial charge in [-0.25, -0.2) is 0 Å². The summed E-state index contributed by atoms with van der Waals surface area (Å²) in [7, 11) is 1.60. The Hall–Kier alpha value is -1.61. The number of hydrogen-bond acceptors (Lipinski definition) is 3. The van der Waals surface area contributed by atoms with Crippen LogP contribution in [0.4, 0.5) is 0 Å². The second-order valence-electron chi connectivity index (χ2n) is 3.80. The fourth-order valence-corrected chi connectivity index (χ4v) is 2.09. The van der Waals surface area contributed by atoms with Crippen molar-refractivity contribution in [2.24, 2.45) is 0 Å². The van der Waals surface area contributed by atoms with Gasteiger partial charge in [0, 0.05) is 0 Å². The maximum Gasteiger partial charge on any atom is 0.146 e. The van der Waals surface area contributed by atoms with Crippen LogP contribution < -0.4 is 4.74 Å². The van der Waals surface area contributed by atoms with Crippen LogP contribution in [0.2, 0.25) is 0 Å². The first-order valence-corrected chi connectivity index (χ1v) is 5.25. The maximum absolute atomic E-state index is 10.9. The van der Waals surface area contributed by atoms with Crippen LogP contribution in [0.1, 0.15) is 17.5 Å². The van der Waals surface area contributed by atoms with Crippen LogP contribution in [-0.2, 0) is 11.2 Å². The highest BCUT2D eigenvalue weighted by Gasteiger charge is 2.18. The molecule has 0 fully saturated rings. The second-order valence-corrected chi connectivity index (χ2v) is 3.80. The van der Waals surface area contributed by atoms with Gasteiger partial charge in [-0.05, 0) is 47.2 Å². The highest BCUT2D eigenvalue weighted by Crippen LogP contribution is 2.32. The highest BCUT2D eigenvalue weighted by molar-refractivity contribution is 5.90. The number of rotatable bonds is 3. The van der Waals surface area contributed by atoms with Gasteiger partial charge in [0.05, 0.1) is 13.7 Å². The molecule has 0 spiro atoms. The van der Waals surface area contributed by atoms with E-state index in [1.165, 1.54) is 0 Å². The number of methoxy groups -OCH3 is 1. The topological polar surface area (TPSA) is 46.5 Å². The molecule has 1 N–H and O–H groups in total. The first kappa shape index (κ1) is 10.9. The van der Waals surface area contributed by atoms with Crippen LogP contribution in [-0.4, -0.2) is 25.1 Å². The van der Waals surface area contributed by atoms with Crippen molar-refractivity contribution in [3.63, 3.8) is 0 Å². The zero-order valence-corrected chi connectivity index (χ0v) is 9.19. The van der Waals surface area contributed by atoms with E-state index in [0.29, 0.717) is 12.0 Å². The number of benzene rings is 1. The second kappa shape index (κ2) is 4.49. The molecule has 2 rings (SSSR count). The van der Waals surface area contributed by atoms with Gasteiger partial charge in [-0.2, -0.15) is 0 Å². The molecule has 0 saturated carbocycles. The third-order valence-corrected chi connectivity index (χ3v) is 2.99. The Morgan fingerprint density at radius 1 is 1.44 bits per heavy atom. The lowest BCUT2D eigenvalue weighted by Crippen LogP contribution is -2.08. The Kier molecular flexibility index (Phi) is 3.06. The van der Waals surface area contributed by atoms with E-state index >= 15 is 0 Å². The van der Waals surface area contributed by atoms with Crippen molar-refractivity contribution in [3.05, 3.63) is 34.9 Å². The minimum atomic E-state index is -0.103. The zero-order valence-electron chi connectivity index (χ0n) is 9.19. The molecule has 1 aliphatic rings. The normalized spacial score (nSPS) is 14.6. The fourth-order valence-electron chi connectivity index (χ4n) is 2.09. The molecule has 0 aromatic heterocycles. The highest BCUT2D eigenvalue weighted by atomic mass is 16.5. The van der Waals surface area contributed by atoms with Gasteiger partial charge in [-0.1, -0.05) is 6.07 Å². The molecular weight excluding hydrogens is 204 g/mol. The third-order valence-electron chi connectivity index (χ3n) is 2.99. The van der Waals surface area contributed by atoms with Crippen LogP contribution in [0.5, 0.6) is 5.75 Å². The molecule has 0 saturated heterocycles. The van der Waals surface area contributed by atoms with E-state index in [1.54, 1.807) is 7.11 Å². The zero-order chi connectivity index (χ0) is 11.5. The summed E-state index contributed by atoms with van der Waals surface area (Å²) in [6.07, 6.45) is 2.39. The lowest BCUT2D eigenvalue weighted by Gasteiger charge is -2.20. The summed E-state index contributed by atoms with van der Waals surface area (Å²) in [5, 5.41) is 9.35. The minimum absolute atomic E-state index is 0.103. The lowest BCUT2D eigenvalue weighted by molar-refractivity contribution is -0.105. The van der Waals surface area contributed by atoms with Gasteiger partial charge in [0.15, 0.2) is 0 Å². The molecule has 0 aliphatic heterocycles. The van der Waals surface area contributed by atoms with Gasteiger partial charge < -0.3 is 9.84 Å². The first-order valence-electron chi connectivity index (χ1n) is 5.25. The van der Waals surface area contributed by atoms with Crippen LogP contribution in [0.15, 0.2) is 23.8 Å². The molecule has 0 amide bonds. The third kappa shape index (κ3) is 1.74. The summed E-state index contributed by atoms with van der Waals surface area (Å²) >= 11 is 0. The average molecular weight is 218 g/mol. The molecule has 1 aliphatic carbocycles.